The number of aromatic nitrogens is 1. The zero-order valence-electron chi connectivity index (χ0n) is 19.8. The van der Waals surface area contributed by atoms with Crippen molar-refractivity contribution < 1.29 is 27.1 Å². The Bertz CT molecular complexity index is 1270. The standard InChI is InChI=1S/C24H30FN3O5S/c1-5-16-14-19-20(23(30)26-3)21(17-9-11-18(25)12-10-17)33-24(19)27-22(16)28(34(4,31)32)13-7-6-8-15(2)29/h9-12,14-15,29H,5-8,13H2,1-4H3,(H,26,30). The van der Waals surface area contributed by atoms with Crippen molar-refractivity contribution in [3.8, 4) is 11.3 Å². The van der Waals surface area contributed by atoms with E-state index in [4.69, 9.17) is 4.42 Å². The molecule has 1 aromatic carbocycles. The van der Waals surface area contributed by atoms with Crippen LogP contribution in [0.4, 0.5) is 10.2 Å². The Morgan fingerprint density at radius 2 is 1.94 bits per heavy atom. The van der Waals surface area contributed by atoms with E-state index >= 15 is 0 Å². The van der Waals surface area contributed by atoms with Gasteiger partial charge in [0.2, 0.25) is 15.7 Å². The van der Waals surface area contributed by atoms with E-state index in [0.29, 0.717) is 42.2 Å². The van der Waals surface area contributed by atoms with Crippen molar-refractivity contribution in [2.75, 3.05) is 24.2 Å². The Labute approximate surface area is 198 Å². The number of hydrogen-bond acceptors (Lipinski definition) is 6. The van der Waals surface area contributed by atoms with Crippen LogP contribution in [-0.2, 0) is 16.4 Å². The molecule has 0 saturated heterocycles. The smallest absolute Gasteiger partial charge is 0.255 e. The SMILES string of the molecule is CCc1cc2c(C(=O)NC)c(-c3ccc(F)cc3)oc2nc1N(CCCCC(C)O)S(C)(=O)=O. The molecule has 0 aliphatic heterocycles. The Morgan fingerprint density at radius 3 is 2.50 bits per heavy atom. The highest BCUT2D eigenvalue weighted by Gasteiger charge is 2.27. The summed E-state index contributed by atoms with van der Waals surface area (Å²) in [5.74, 6) is -0.344. The van der Waals surface area contributed by atoms with Gasteiger partial charge in [-0.2, -0.15) is 4.98 Å². The molecule has 8 nitrogen and oxygen atoms in total. The molecule has 34 heavy (non-hydrogen) atoms. The van der Waals surface area contributed by atoms with Crippen LogP contribution in [-0.4, -0.2) is 50.4 Å². The summed E-state index contributed by atoms with van der Waals surface area (Å²) in [7, 11) is -2.16. The van der Waals surface area contributed by atoms with Gasteiger partial charge < -0.3 is 14.8 Å². The number of halogens is 1. The zero-order valence-corrected chi connectivity index (χ0v) is 20.6. The summed E-state index contributed by atoms with van der Waals surface area (Å²) in [4.78, 5) is 17.3. The van der Waals surface area contributed by atoms with Crippen LogP contribution in [0.2, 0.25) is 0 Å². The van der Waals surface area contributed by atoms with E-state index in [2.05, 4.69) is 10.3 Å². The van der Waals surface area contributed by atoms with Crippen LogP contribution in [0.15, 0.2) is 34.7 Å². The summed E-state index contributed by atoms with van der Waals surface area (Å²) >= 11 is 0. The number of nitrogens with zero attached hydrogens (tertiary/aromatic N) is 2. The molecule has 0 saturated carbocycles. The minimum Gasteiger partial charge on any atom is -0.437 e. The highest BCUT2D eigenvalue weighted by atomic mass is 32.2. The number of unbranched alkanes of at least 4 members (excludes halogenated alkanes) is 1. The van der Waals surface area contributed by atoms with E-state index in [1.54, 1.807) is 13.0 Å². The maximum atomic E-state index is 13.5. The highest BCUT2D eigenvalue weighted by Crippen LogP contribution is 2.36. The van der Waals surface area contributed by atoms with Crippen molar-refractivity contribution in [1.82, 2.24) is 10.3 Å². The van der Waals surface area contributed by atoms with E-state index in [-0.39, 0.29) is 29.4 Å². The number of sulfonamides is 1. The number of furan rings is 1. The predicted molar refractivity (Wildman–Crippen MR) is 130 cm³/mol. The van der Waals surface area contributed by atoms with Gasteiger partial charge in [-0.1, -0.05) is 6.92 Å². The fourth-order valence-electron chi connectivity index (χ4n) is 3.81. The molecule has 1 amide bonds. The van der Waals surface area contributed by atoms with Gasteiger partial charge in [0.15, 0.2) is 0 Å². The monoisotopic (exact) mass is 491 g/mol. The number of aryl methyl sites for hydroxylation is 1. The van der Waals surface area contributed by atoms with Crippen LogP contribution < -0.4 is 9.62 Å². The number of aliphatic hydroxyl groups is 1. The molecule has 1 atom stereocenters. The van der Waals surface area contributed by atoms with Gasteiger partial charge in [0, 0.05) is 19.2 Å². The van der Waals surface area contributed by atoms with E-state index in [9.17, 15) is 22.7 Å². The third kappa shape index (κ3) is 5.56. The van der Waals surface area contributed by atoms with E-state index in [1.165, 1.54) is 35.6 Å². The van der Waals surface area contributed by atoms with Crippen LogP contribution >= 0.6 is 0 Å². The first-order valence-electron chi connectivity index (χ1n) is 11.2. The molecule has 2 aromatic heterocycles. The number of pyridine rings is 1. The summed E-state index contributed by atoms with van der Waals surface area (Å²) in [6, 6.07) is 7.28. The number of carbonyl (C=O) groups is 1. The third-order valence-electron chi connectivity index (χ3n) is 5.55. The Balaban J connectivity index is 2.16. The van der Waals surface area contributed by atoms with Gasteiger partial charge in [-0.15, -0.1) is 0 Å². The maximum Gasteiger partial charge on any atom is 0.255 e. The molecule has 1 unspecified atom stereocenters. The fraction of sp³-hybridized carbons (Fsp3) is 0.417. The molecular weight excluding hydrogens is 461 g/mol. The fourth-order valence-corrected chi connectivity index (χ4v) is 4.74. The molecule has 0 radical (unpaired) electrons. The van der Waals surface area contributed by atoms with Crippen molar-refractivity contribution in [3.63, 3.8) is 0 Å². The molecule has 10 heteroatoms. The number of aliphatic hydroxyl groups excluding tert-OH is 1. The van der Waals surface area contributed by atoms with Crippen molar-refractivity contribution >= 4 is 32.8 Å². The van der Waals surface area contributed by atoms with Crippen molar-refractivity contribution in [1.29, 1.82) is 0 Å². The predicted octanol–water partition coefficient (Wildman–Crippen LogP) is 3.87. The van der Waals surface area contributed by atoms with Gasteiger partial charge in [0.1, 0.15) is 17.4 Å². The zero-order chi connectivity index (χ0) is 25.0. The van der Waals surface area contributed by atoms with Gasteiger partial charge in [-0.25, -0.2) is 12.8 Å². The second-order valence-electron chi connectivity index (χ2n) is 8.25. The first-order valence-corrected chi connectivity index (χ1v) is 13.0. The summed E-state index contributed by atoms with van der Waals surface area (Å²) in [5.41, 5.74) is 1.50. The van der Waals surface area contributed by atoms with Gasteiger partial charge in [-0.3, -0.25) is 9.10 Å². The Morgan fingerprint density at radius 1 is 1.26 bits per heavy atom. The molecule has 0 fully saturated rings. The minimum atomic E-state index is -3.66. The van der Waals surface area contributed by atoms with Gasteiger partial charge in [0.25, 0.3) is 5.91 Å². The molecule has 3 aromatic rings. The summed E-state index contributed by atoms with van der Waals surface area (Å²) in [5, 5.41) is 12.5. The minimum absolute atomic E-state index is 0.114. The van der Waals surface area contributed by atoms with Crippen LogP contribution in [0, 0.1) is 5.82 Å². The molecule has 0 spiro atoms. The first-order chi connectivity index (χ1) is 16.1. The number of rotatable bonds is 10. The number of hydrogen-bond donors (Lipinski definition) is 2. The first kappa shape index (κ1) is 25.6. The Hall–Kier alpha value is -2.98. The van der Waals surface area contributed by atoms with Crippen molar-refractivity contribution in [2.45, 2.75) is 45.6 Å². The quantitative estimate of drug-likeness (QED) is 0.416. The van der Waals surface area contributed by atoms with Gasteiger partial charge >= 0.3 is 0 Å². The molecule has 3 rings (SSSR count). The normalized spacial score (nSPS) is 12.6. The molecule has 2 heterocycles. The highest BCUT2D eigenvalue weighted by molar-refractivity contribution is 7.92. The van der Waals surface area contributed by atoms with E-state index in [0.717, 1.165) is 6.26 Å². The lowest BCUT2D eigenvalue weighted by atomic mass is 10.0. The van der Waals surface area contributed by atoms with Gasteiger partial charge in [0.05, 0.1) is 23.3 Å². The molecule has 0 aliphatic carbocycles. The second-order valence-corrected chi connectivity index (χ2v) is 10.2. The average Bonchev–Trinajstić information content (AvgIpc) is 3.15. The number of carbonyl (C=O) groups excluding carboxylic acids is 1. The number of anilines is 1. The largest absolute Gasteiger partial charge is 0.437 e. The van der Waals surface area contributed by atoms with E-state index < -0.39 is 27.9 Å². The van der Waals surface area contributed by atoms with Crippen LogP contribution in [0.25, 0.3) is 22.4 Å². The molecule has 0 aliphatic rings. The molecule has 0 bridgehead atoms. The maximum absolute atomic E-state index is 13.5. The number of fused-ring (bicyclic) bond motifs is 1. The van der Waals surface area contributed by atoms with Crippen LogP contribution in [0.5, 0.6) is 0 Å². The van der Waals surface area contributed by atoms with Crippen molar-refractivity contribution in [3.05, 3.63) is 47.3 Å². The average molecular weight is 492 g/mol. The molecule has 184 valence electrons. The van der Waals surface area contributed by atoms with Crippen molar-refractivity contribution in [2.24, 2.45) is 0 Å². The third-order valence-corrected chi connectivity index (χ3v) is 6.71. The summed E-state index contributed by atoms with van der Waals surface area (Å²) < 4.78 is 46.0. The lowest BCUT2D eigenvalue weighted by Crippen LogP contribution is -2.32. The number of amides is 1. The van der Waals surface area contributed by atoms with Gasteiger partial charge in [-0.05, 0) is 68.5 Å². The Kier molecular flexibility index (Phi) is 7.93. The molecule has 2 N–H and O–H groups in total. The lowest BCUT2D eigenvalue weighted by molar-refractivity contribution is 0.0964. The number of benzene rings is 1. The topological polar surface area (TPSA) is 113 Å². The van der Waals surface area contributed by atoms with E-state index in [1.807, 2.05) is 6.92 Å². The number of nitrogens with one attached hydrogen (secondary N) is 1. The summed E-state index contributed by atoms with van der Waals surface area (Å²) in [6.07, 6.45) is 2.91. The van der Waals surface area contributed by atoms with Crippen LogP contribution in [0.3, 0.4) is 0 Å². The second kappa shape index (κ2) is 10.5. The van der Waals surface area contributed by atoms with Crippen LogP contribution in [0.1, 0.15) is 49.0 Å². The summed E-state index contributed by atoms with van der Waals surface area (Å²) in [6.45, 7) is 3.77. The lowest BCUT2D eigenvalue weighted by Gasteiger charge is -2.23. The molecular formula is C24H30FN3O5S.